The lowest BCUT2D eigenvalue weighted by Gasteiger charge is -2.15. The van der Waals surface area contributed by atoms with Crippen LogP contribution < -0.4 is 5.32 Å². The van der Waals surface area contributed by atoms with Crippen molar-refractivity contribution in [2.75, 3.05) is 0 Å². The van der Waals surface area contributed by atoms with Gasteiger partial charge in [-0.2, -0.15) is 0 Å². The molecule has 2 aromatic rings. The lowest BCUT2D eigenvalue weighted by molar-refractivity contribution is 0.574. The molecule has 0 radical (unpaired) electrons. The summed E-state index contributed by atoms with van der Waals surface area (Å²) in [6, 6.07) is 15.8. The Balaban J connectivity index is 1.99. The van der Waals surface area contributed by atoms with E-state index in [1.165, 1.54) is 27.8 Å². The summed E-state index contributed by atoms with van der Waals surface area (Å²) in [6.07, 6.45) is 0. The maximum absolute atomic E-state index is 3.59. The highest BCUT2D eigenvalue weighted by Gasteiger charge is 2.04. The van der Waals surface area contributed by atoms with Gasteiger partial charge in [-0.15, -0.1) is 0 Å². The summed E-state index contributed by atoms with van der Waals surface area (Å²) in [5.74, 6) is 0. The Hall–Kier alpha value is -1.60. The molecule has 1 N–H and O–H groups in total. The molecule has 0 bridgehead atoms. The van der Waals surface area contributed by atoms with Crippen LogP contribution in [0.3, 0.4) is 0 Å². The molecule has 0 heterocycles. The van der Waals surface area contributed by atoms with Crippen molar-refractivity contribution in [3.63, 3.8) is 0 Å². The van der Waals surface area contributed by atoms with E-state index in [9.17, 15) is 0 Å². The van der Waals surface area contributed by atoms with Crippen molar-refractivity contribution in [1.29, 1.82) is 0 Å². The van der Waals surface area contributed by atoms with Gasteiger partial charge in [-0.25, -0.2) is 0 Å². The predicted molar refractivity (Wildman–Crippen MR) is 82.3 cm³/mol. The van der Waals surface area contributed by atoms with Gasteiger partial charge in [-0.3, -0.25) is 0 Å². The van der Waals surface area contributed by atoms with Gasteiger partial charge in [-0.1, -0.05) is 59.2 Å². The van der Waals surface area contributed by atoms with Crippen LogP contribution in [-0.4, -0.2) is 0 Å². The molecule has 0 aliphatic heterocycles. The fourth-order valence-electron chi connectivity index (χ4n) is 2.41. The van der Waals surface area contributed by atoms with Gasteiger partial charge in [0.05, 0.1) is 0 Å². The van der Waals surface area contributed by atoms with E-state index >= 15 is 0 Å². The maximum Gasteiger partial charge on any atom is 0.0294 e. The molecule has 0 saturated carbocycles. The molecule has 100 valence electrons. The molecule has 19 heavy (non-hydrogen) atoms. The van der Waals surface area contributed by atoms with Crippen LogP contribution in [-0.2, 0) is 6.54 Å². The van der Waals surface area contributed by atoms with Crippen molar-refractivity contribution in [2.24, 2.45) is 0 Å². The molecule has 1 heteroatoms. The summed E-state index contributed by atoms with van der Waals surface area (Å²) in [5, 5.41) is 3.59. The van der Waals surface area contributed by atoms with E-state index in [0.717, 1.165) is 6.54 Å². The maximum atomic E-state index is 3.59. The molecule has 1 unspecified atom stereocenters. The van der Waals surface area contributed by atoms with Crippen molar-refractivity contribution in [3.8, 4) is 0 Å². The monoisotopic (exact) mass is 253 g/mol. The van der Waals surface area contributed by atoms with Crippen LogP contribution in [0.1, 0.15) is 40.8 Å². The Morgan fingerprint density at radius 2 is 1.42 bits per heavy atom. The van der Waals surface area contributed by atoms with Gasteiger partial charge in [-0.05, 0) is 38.8 Å². The topological polar surface area (TPSA) is 12.0 Å². The first-order chi connectivity index (χ1) is 9.04. The van der Waals surface area contributed by atoms with Gasteiger partial charge >= 0.3 is 0 Å². The van der Waals surface area contributed by atoms with E-state index in [0.29, 0.717) is 6.04 Å². The summed E-state index contributed by atoms with van der Waals surface area (Å²) in [5.41, 5.74) is 6.68. The second-order valence-electron chi connectivity index (χ2n) is 5.51. The third-order valence-electron chi connectivity index (χ3n) is 3.47. The Morgan fingerprint density at radius 1 is 0.842 bits per heavy atom. The zero-order chi connectivity index (χ0) is 13.8. The van der Waals surface area contributed by atoms with Gasteiger partial charge in [0.2, 0.25) is 0 Å². The lowest BCUT2D eigenvalue weighted by atomic mass is 10.0. The van der Waals surface area contributed by atoms with Crippen LogP contribution in [0.25, 0.3) is 0 Å². The molecule has 2 aromatic carbocycles. The van der Waals surface area contributed by atoms with Gasteiger partial charge in [0.15, 0.2) is 0 Å². The molecule has 0 saturated heterocycles. The average Bonchev–Trinajstić information content (AvgIpc) is 2.36. The first-order valence-electron chi connectivity index (χ1n) is 6.92. The van der Waals surface area contributed by atoms with Crippen LogP contribution in [0.2, 0.25) is 0 Å². The standard InChI is InChI=1S/C18H23N/c1-13-5-7-18(8-6-13)16(4)19-12-17-10-14(2)9-15(3)11-17/h5-11,16,19H,12H2,1-4H3. The zero-order valence-corrected chi connectivity index (χ0v) is 12.3. The number of hydrogen-bond acceptors (Lipinski definition) is 1. The first-order valence-corrected chi connectivity index (χ1v) is 6.92. The molecular weight excluding hydrogens is 230 g/mol. The van der Waals surface area contributed by atoms with E-state index in [-0.39, 0.29) is 0 Å². The number of hydrogen-bond donors (Lipinski definition) is 1. The summed E-state index contributed by atoms with van der Waals surface area (Å²) >= 11 is 0. The van der Waals surface area contributed by atoms with Crippen molar-refractivity contribution in [1.82, 2.24) is 5.32 Å². The Kier molecular flexibility index (Phi) is 4.39. The van der Waals surface area contributed by atoms with E-state index in [1.54, 1.807) is 0 Å². The fraction of sp³-hybridized carbons (Fsp3) is 0.333. The summed E-state index contributed by atoms with van der Waals surface area (Å²) < 4.78 is 0. The van der Waals surface area contributed by atoms with E-state index in [2.05, 4.69) is 75.5 Å². The Labute approximate surface area is 116 Å². The number of aryl methyl sites for hydroxylation is 3. The van der Waals surface area contributed by atoms with Gasteiger partial charge < -0.3 is 5.32 Å². The normalized spacial score (nSPS) is 12.4. The first kappa shape index (κ1) is 13.8. The van der Waals surface area contributed by atoms with Crippen molar-refractivity contribution < 1.29 is 0 Å². The molecule has 0 aromatic heterocycles. The SMILES string of the molecule is Cc1ccc(C(C)NCc2cc(C)cc(C)c2)cc1. The number of nitrogens with one attached hydrogen (secondary N) is 1. The highest BCUT2D eigenvalue weighted by Crippen LogP contribution is 2.15. The molecule has 0 spiro atoms. The van der Waals surface area contributed by atoms with Crippen LogP contribution >= 0.6 is 0 Å². The summed E-state index contributed by atoms with van der Waals surface area (Å²) in [7, 11) is 0. The molecule has 1 atom stereocenters. The summed E-state index contributed by atoms with van der Waals surface area (Å²) in [6.45, 7) is 9.56. The van der Waals surface area contributed by atoms with E-state index in [4.69, 9.17) is 0 Å². The van der Waals surface area contributed by atoms with E-state index in [1.807, 2.05) is 0 Å². The van der Waals surface area contributed by atoms with Crippen LogP contribution in [0.15, 0.2) is 42.5 Å². The summed E-state index contributed by atoms with van der Waals surface area (Å²) in [4.78, 5) is 0. The second kappa shape index (κ2) is 6.03. The number of benzene rings is 2. The van der Waals surface area contributed by atoms with Crippen molar-refractivity contribution in [2.45, 2.75) is 40.3 Å². The largest absolute Gasteiger partial charge is 0.306 e. The zero-order valence-electron chi connectivity index (χ0n) is 12.3. The van der Waals surface area contributed by atoms with Crippen LogP contribution in [0.5, 0.6) is 0 Å². The lowest BCUT2D eigenvalue weighted by Crippen LogP contribution is -2.18. The van der Waals surface area contributed by atoms with Crippen LogP contribution in [0, 0.1) is 20.8 Å². The van der Waals surface area contributed by atoms with Crippen LogP contribution in [0.4, 0.5) is 0 Å². The average molecular weight is 253 g/mol. The molecule has 0 aliphatic carbocycles. The Bertz CT molecular complexity index is 520. The predicted octanol–water partition coefficient (Wildman–Crippen LogP) is 4.46. The quantitative estimate of drug-likeness (QED) is 0.848. The highest BCUT2D eigenvalue weighted by molar-refractivity contribution is 5.29. The second-order valence-corrected chi connectivity index (χ2v) is 5.51. The minimum atomic E-state index is 0.376. The van der Waals surface area contributed by atoms with Gasteiger partial charge in [0.25, 0.3) is 0 Å². The van der Waals surface area contributed by atoms with Gasteiger partial charge in [0, 0.05) is 12.6 Å². The molecule has 1 nitrogen and oxygen atoms in total. The molecule has 0 amide bonds. The molecule has 0 aliphatic rings. The molecule has 2 rings (SSSR count). The van der Waals surface area contributed by atoms with Gasteiger partial charge in [0.1, 0.15) is 0 Å². The Morgan fingerprint density at radius 3 is 2.00 bits per heavy atom. The van der Waals surface area contributed by atoms with Crippen molar-refractivity contribution in [3.05, 3.63) is 70.3 Å². The molecule has 0 fully saturated rings. The smallest absolute Gasteiger partial charge is 0.0294 e. The fourth-order valence-corrected chi connectivity index (χ4v) is 2.41. The number of rotatable bonds is 4. The minimum absolute atomic E-state index is 0.376. The van der Waals surface area contributed by atoms with E-state index < -0.39 is 0 Å². The van der Waals surface area contributed by atoms with Crippen molar-refractivity contribution >= 4 is 0 Å². The minimum Gasteiger partial charge on any atom is -0.306 e. The highest BCUT2D eigenvalue weighted by atomic mass is 14.9. The molecular formula is C18H23N. The third-order valence-corrected chi connectivity index (χ3v) is 3.47. The third kappa shape index (κ3) is 3.93.